The Bertz CT molecular complexity index is 2050. The summed E-state index contributed by atoms with van der Waals surface area (Å²) in [7, 11) is 0. The maximum Gasteiger partial charge on any atom is 0.258 e. The Morgan fingerprint density at radius 1 is 0.660 bits per heavy atom. The fraction of sp³-hybridized carbons (Fsp3) is 0.147. The highest BCUT2D eigenvalue weighted by atomic mass is 79.9. The summed E-state index contributed by atoms with van der Waals surface area (Å²) < 4.78 is 14.7. The van der Waals surface area contributed by atoms with Crippen molar-refractivity contribution < 1.29 is 9.47 Å². The summed E-state index contributed by atoms with van der Waals surface area (Å²) in [6, 6.07) is 22.9. The van der Waals surface area contributed by atoms with Gasteiger partial charge in [-0.3, -0.25) is 4.79 Å². The van der Waals surface area contributed by atoms with Crippen LogP contribution in [0, 0.1) is 0 Å². The average molecular weight is 869 g/mol. The smallest absolute Gasteiger partial charge is 0.258 e. The van der Waals surface area contributed by atoms with Crippen LogP contribution in [0.3, 0.4) is 0 Å². The van der Waals surface area contributed by atoms with Gasteiger partial charge in [-0.25, -0.2) is 29.9 Å². The van der Waals surface area contributed by atoms with Gasteiger partial charge in [0.05, 0.1) is 24.3 Å². The Morgan fingerprint density at radius 2 is 1.16 bits per heavy atom. The lowest BCUT2D eigenvalue weighted by molar-refractivity contribution is 0.294. The number of hydrogen-bond donors (Lipinski definition) is 3. The molecule has 0 atom stereocenters. The number of aromatic nitrogens is 7. The Labute approximate surface area is 313 Å². The van der Waals surface area contributed by atoms with Gasteiger partial charge >= 0.3 is 0 Å². The third-order valence-electron chi connectivity index (χ3n) is 6.46. The van der Waals surface area contributed by atoms with Crippen LogP contribution in [0.2, 0.25) is 0 Å². The summed E-state index contributed by atoms with van der Waals surface area (Å²) in [6.07, 6.45) is 6.42. The number of nitrogen functional groups attached to an aromatic ring is 3. The molecule has 0 bridgehead atoms. The van der Waals surface area contributed by atoms with Gasteiger partial charge in [0.15, 0.2) is 17.5 Å². The first-order chi connectivity index (χ1) is 24.0. The van der Waals surface area contributed by atoms with E-state index in [1.165, 1.54) is 12.3 Å². The van der Waals surface area contributed by atoms with Crippen molar-refractivity contribution in [1.82, 2.24) is 34.5 Å². The number of hydrogen-bond acceptors (Lipinski definition) is 12. The van der Waals surface area contributed by atoms with Gasteiger partial charge in [-0.05, 0) is 78.8 Å². The normalized spacial score (nSPS) is 10.4. The number of pyridine rings is 1. The fourth-order valence-electron chi connectivity index (χ4n) is 3.96. The number of anilines is 3. The zero-order valence-electron chi connectivity index (χ0n) is 27.0. The monoisotopic (exact) mass is 866 g/mol. The number of nitrogens with two attached hydrogens (primary N) is 3. The van der Waals surface area contributed by atoms with Gasteiger partial charge in [-0.1, -0.05) is 60.7 Å². The zero-order chi connectivity index (χ0) is 36.0. The van der Waals surface area contributed by atoms with Crippen LogP contribution in [0.25, 0.3) is 11.3 Å². The van der Waals surface area contributed by atoms with Crippen LogP contribution in [0.15, 0.2) is 116 Å². The molecule has 0 aliphatic heterocycles. The van der Waals surface area contributed by atoms with E-state index in [-0.39, 0.29) is 23.3 Å². The van der Waals surface area contributed by atoms with Gasteiger partial charge in [0, 0.05) is 23.9 Å². The molecule has 0 unspecified atom stereocenters. The van der Waals surface area contributed by atoms with E-state index in [2.05, 4.69) is 77.7 Å². The van der Waals surface area contributed by atoms with Gasteiger partial charge < -0.3 is 31.2 Å². The molecule has 0 aliphatic rings. The summed E-state index contributed by atoms with van der Waals surface area (Å²) in [5.74, 6) is 1.55. The van der Waals surface area contributed by atoms with Crippen molar-refractivity contribution in [3.63, 3.8) is 0 Å². The van der Waals surface area contributed by atoms with Crippen LogP contribution in [0.4, 0.5) is 17.5 Å². The molecule has 258 valence electrons. The number of benzene rings is 2. The Morgan fingerprint density at radius 3 is 1.68 bits per heavy atom. The van der Waals surface area contributed by atoms with Gasteiger partial charge in [0.25, 0.3) is 17.3 Å². The van der Waals surface area contributed by atoms with E-state index < -0.39 is 0 Å². The summed E-state index contributed by atoms with van der Waals surface area (Å²) >= 11 is 9.47. The van der Waals surface area contributed by atoms with Crippen LogP contribution in [0.1, 0.15) is 31.0 Å². The Hall–Kier alpha value is -4.93. The highest BCUT2D eigenvalue weighted by Crippen LogP contribution is 2.24. The summed E-state index contributed by atoms with van der Waals surface area (Å²) in [5, 5.41) is 0. The Balaban J connectivity index is 0.000000191. The van der Waals surface area contributed by atoms with E-state index in [0.717, 1.165) is 16.7 Å². The highest BCUT2D eigenvalue weighted by molar-refractivity contribution is 9.11. The number of ether oxygens (including phenoxy) is 2. The molecule has 16 heteroatoms. The predicted molar refractivity (Wildman–Crippen MR) is 204 cm³/mol. The first-order valence-corrected chi connectivity index (χ1v) is 17.3. The summed E-state index contributed by atoms with van der Waals surface area (Å²) in [4.78, 5) is 36.3. The van der Waals surface area contributed by atoms with Crippen molar-refractivity contribution >= 4 is 65.2 Å². The van der Waals surface area contributed by atoms with Crippen molar-refractivity contribution in [2.45, 2.75) is 33.1 Å². The standard InChI is InChI=1S/C19H20N4O2.C11H10BrN3O.C4H3Br2N3/c1-13(2)23-11-15(8-9-17(23)24)16-10-21-18(20)19(22-16)25-12-14-6-4-3-5-7-14;12-9-6-14-10(13)11(15-9)16-7-8-4-2-1-3-5-8;5-2-1-8-4(7)3(6)9-2/h3-11,13H,12H2,1-2H3,(H2,20,21);1-6H,7H2,(H2,13,14);1H,(H2,7,8). The molecule has 6 aromatic rings. The fourth-order valence-corrected chi connectivity index (χ4v) is 5.04. The predicted octanol–water partition coefficient (Wildman–Crippen LogP) is 7.03. The molecule has 2 aromatic carbocycles. The largest absolute Gasteiger partial charge is 0.470 e. The van der Waals surface area contributed by atoms with Crippen molar-refractivity contribution in [3.8, 4) is 23.0 Å². The third-order valence-corrected chi connectivity index (χ3v) is 7.81. The van der Waals surface area contributed by atoms with Crippen LogP contribution >= 0.6 is 47.8 Å². The number of rotatable bonds is 8. The maximum atomic E-state index is 11.9. The minimum Gasteiger partial charge on any atom is -0.470 e. The van der Waals surface area contributed by atoms with E-state index in [1.54, 1.807) is 29.2 Å². The lowest BCUT2D eigenvalue weighted by Gasteiger charge is -2.12. The van der Waals surface area contributed by atoms with Gasteiger partial charge in [0.1, 0.15) is 27.0 Å². The molecule has 6 rings (SSSR count). The van der Waals surface area contributed by atoms with Gasteiger partial charge in [-0.2, -0.15) is 0 Å². The SMILES string of the molecule is CC(C)n1cc(-c2cnc(N)c(OCc3ccccc3)n2)ccc1=O.Nc1ncc(Br)nc1Br.Nc1ncc(Br)nc1OCc1ccccc1. The van der Waals surface area contributed by atoms with Gasteiger partial charge in [-0.15, -0.1) is 0 Å². The van der Waals surface area contributed by atoms with E-state index in [9.17, 15) is 4.79 Å². The molecule has 0 amide bonds. The van der Waals surface area contributed by atoms with E-state index in [0.29, 0.717) is 50.2 Å². The summed E-state index contributed by atoms with van der Waals surface area (Å²) in [6.45, 7) is 4.69. The summed E-state index contributed by atoms with van der Waals surface area (Å²) in [5.41, 5.74) is 20.3. The topological polar surface area (TPSA) is 196 Å². The second-order valence-electron chi connectivity index (χ2n) is 10.5. The minimum atomic E-state index is -0.0531. The van der Waals surface area contributed by atoms with Crippen molar-refractivity contribution in [2.24, 2.45) is 0 Å². The molecule has 0 fully saturated rings. The third kappa shape index (κ3) is 11.6. The molecular formula is C34H33Br3N10O3. The van der Waals surface area contributed by atoms with Crippen molar-refractivity contribution in [2.75, 3.05) is 17.2 Å². The zero-order valence-corrected chi connectivity index (χ0v) is 31.7. The molecule has 0 saturated heterocycles. The minimum absolute atomic E-state index is 0.0531. The molecule has 4 aromatic heterocycles. The molecule has 4 heterocycles. The second kappa shape index (κ2) is 18.7. The Kier molecular flexibility index (Phi) is 14.2. The number of nitrogens with zero attached hydrogens (tertiary/aromatic N) is 7. The van der Waals surface area contributed by atoms with Crippen molar-refractivity contribution in [1.29, 1.82) is 0 Å². The lowest BCUT2D eigenvalue weighted by Crippen LogP contribution is -2.20. The maximum absolute atomic E-state index is 11.9. The van der Waals surface area contributed by atoms with Crippen LogP contribution in [-0.4, -0.2) is 34.5 Å². The second-order valence-corrected chi connectivity index (χ2v) is 12.9. The number of halogens is 3. The van der Waals surface area contributed by atoms with E-state index >= 15 is 0 Å². The lowest BCUT2D eigenvalue weighted by atomic mass is 10.2. The molecule has 6 N–H and O–H groups in total. The first-order valence-electron chi connectivity index (χ1n) is 14.9. The van der Waals surface area contributed by atoms with E-state index in [1.807, 2.05) is 74.5 Å². The van der Waals surface area contributed by atoms with Crippen molar-refractivity contribution in [3.05, 3.63) is 133 Å². The quantitative estimate of drug-likeness (QED) is 0.142. The molecule has 0 radical (unpaired) electrons. The van der Waals surface area contributed by atoms with Crippen LogP contribution < -0.4 is 32.2 Å². The van der Waals surface area contributed by atoms with Crippen LogP contribution in [-0.2, 0) is 13.2 Å². The molecular weight excluding hydrogens is 836 g/mol. The molecule has 0 spiro atoms. The van der Waals surface area contributed by atoms with E-state index in [4.69, 9.17) is 26.7 Å². The molecule has 0 aliphatic carbocycles. The average Bonchev–Trinajstić information content (AvgIpc) is 3.11. The van der Waals surface area contributed by atoms with Gasteiger partial charge in [0.2, 0.25) is 0 Å². The molecule has 0 saturated carbocycles. The highest BCUT2D eigenvalue weighted by Gasteiger charge is 2.11. The first kappa shape index (κ1) is 37.9. The molecule has 13 nitrogen and oxygen atoms in total. The molecule has 50 heavy (non-hydrogen) atoms. The van der Waals surface area contributed by atoms with Crippen LogP contribution in [0.5, 0.6) is 11.8 Å².